The topological polar surface area (TPSA) is 50.7 Å². The van der Waals surface area contributed by atoms with Crippen molar-refractivity contribution in [3.63, 3.8) is 0 Å². The fourth-order valence-corrected chi connectivity index (χ4v) is 6.11. The Balaban J connectivity index is 1.32. The number of carbonyl (C=O) groups excluding carboxylic acids is 1. The van der Waals surface area contributed by atoms with Gasteiger partial charge >= 0.3 is 0 Å². The van der Waals surface area contributed by atoms with Gasteiger partial charge in [0.15, 0.2) is 0 Å². The summed E-state index contributed by atoms with van der Waals surface area (Å²) in [5.41, 5.74) is 4.58. The van der Waals surface area contributed by atoms with Crippen LogP contribution >= 0.6 is 68.5 Å². The first-order valence-electron chi connectivity index (χ1n) is 10.3. The number of nitrogens with zero attached hydrogens (tertiary/aromatic N) is 1. The van der Waals surface area contributed by atoms with Gasteiger partial charge in [-0.3, -0.25) is 4.79 Å². The second-order valence-corrected chi connectivity index (χ2v) is 11.1. The van der Waals surface area contributed by atoms with Gasteiger partial charge in [-0.25, -0.2) is 5.43 Å². The monoisotopic (exact) mass is 712 g/mol. The summed E-state index contributed by atoms with van der Waals surface area (Å²) in [5, 5.41) is 7.19. The Labute approximate surface area is 234 Å². The number of nitrogens with one attached hydrogen (secondary N) is 1. The molecule has 0 aliphatic rings. The van der Waals surface area contributed by atoms with Crippen LogP contribution in [0.5, 0.6) is 5.75 Å². The van der Waals surface area contributed by atoms with Gasteiger partial charge in [0.2, 0.25) is 5.91 Å². The molecular weight excluding hydrogens is 694 g/mol. The molecule has 1 amide bonds. The van der Waals surface area contributed by atoms with Crippen molar-refractivity contribution in [1.29, 1.82) is 0 Å². The Kier molecular flexibility index (Phi) is 9.10. The van der Waals surface area contributed by atoms with E-state index in [9.17, 15) is 4.79 Å². The Hall–Kier alpha value is -1.82. The maximum atomic E-state index is 12.1. The number of carbonyl (C=O) groups is 1. The molecule has 0 radical (unpaired) electrons. The molecule has 0 aliphatic carbocycles. The number of fused-ring (bicyclic) bond motifs is 1. The second-order valence-electron chi connectivity index (χ2n) is 7.32. The average molecular weight is 713 g/mol. The molecule has 0 aromatic heterocycles. The minimum absolute atomic E-state index is 0.170. The predicted molar refractivity (Wildman–Crippen MR) is 158 cm³/mol. The fourth-order valence-electron chi connectivity index (χ4n) is 3.17. The lowest BCUT2D eigenvalue weighted by molar-refractivity contribution is -0.118. The van der Waals surface area contributed by atoms with Crippen LogP contribution in [-0.4, -0.2) is 17.9 Å². The lowest BCUT2D eigenvalue weighted by atomic mass is 10.1. The normalized spacial score (nSPS) is 11.1. The van der Waals surface area contributed by atoms with Crippen molar-refractivity contribution in [3.05, 3.63) is 102 Å². The molecule has 0 heterocycles. The maximum Gasteiger partial charge on any atom is 0.250 e. The zero-order valence-electron chi connectivity index (χ0n) is 17.8. The molecule has 0 fully saturated rings. The second kappa shape index (κ2) is 12.2. The Morgan fingerprint density at radius 2 is 1.68 bits per heavy atom. The van der Waals surface area contributed by atoms with E-state index in [2.05, 4.69) is 86.0 Å². The predicted octanol–water partition coefficient (Wildman–Crippen LogP) is 7.52. The standard InChI is InChI=1S/C26H19ClI2N2O2S/c27-21-7-9-22(10-8-21)34-16-25(32)31-30-14-18-12-23(28)26(24(29)13-18)33-15-17-5-6-19-3-1-2-4-20(19)11-17/h1-14H,15-16H2,(H,31,32)/b30-14-. The molecule has 0 aliphatic heterocycles. The summed E-state index contributed by atoms with van der Waals surface area (Å²) in [7, 11) is 0. The van der Waals surface area contributed by atoms with E-state index in [1.807, 2.05) is 36.4 Å². The number of hydrazone groups is 1. The van der Waals surface area contributed by atoms with Gasteiger partial charge in [-0.2, -0.15) is 5.10 Å². The molecule has 0 bridgehead atoms. The highest BCUT2D eigenvalue weighted by Gasteiger charge is 2.09. The van der Waals surface area contributed by atoms with Crippen molar-refractivity contribution in [2.24, 2.45) is 5.10 Å². The molecule has 0 unspecified atom stereocenters. The van der Waals surface area contributed by atoms with Gasteiger partial charge in [0, 0.05) is 9.92 Å². The summed E-state index contributed by atoms with van der Waals surface area (Å²) in [5.74, 6) is 0.945. The van der Waals surface area contributed by atoms with Crippen molar-refractivity contribution < 1.29 is 9.53 Å². The van der Waals surface area contributed by atoms with Crippen LogP contribution in [0.15, 0.2) is 88.9 Å². The van der Waals surface area contributed by atoms with Crippen LogP contribution in [0, 0.1) is 7.14 Å². The maximum absolute atomic E-state index is 12.1. The van der Waals surface area contributed by atoms with Gasteiger partial charge in [-0.15, -0.1) is 11.8 Å². The highest BCUT2D eigenvalue weighted by atomic mass is 127. The molecule has 0 saturated heterocycles. The van der Waals surface area contributed by atoms with Gasteiger partial charge in [-0.1, -0.05) is 48.0 Å². The summed E-state index contributed by atoms with van der Waals surface area (Å²) < 4.78 is 8.11. The number of amides is 1. The number of thioether (sulfide) groups is 1. The number of benzene rings is 4. The lowest BCUT2D eigenvalue weighted by Crippen LogP contribution is -2.19. The minimum Gasteiger partial charge on any atom is -0.487 e. The molecule has 4 aromatic carbocycles. The van der Waals surface area contributed by atoms with Crippen molar-refractivity contribution in [1.82, 2.24) is 5.43 Å². The minimum atomic E-state index is -0.170. The van der Waals surface area contributed by atoms with E-state index in [1.54, 1.807) is 18.3 Å². The molecule has 0 spiro atoms. The van der Waals surface area contributed by atoms with E-state index in [1.165, 1.54) is 22.5 Å². The Morgan fingerprint density at radius 1 is 0.971 bits per heavy atom. The zero-order chi connectivity index (χ0) is 23.9. The summed E-state index contributed by atoms with van der Waals surface area (Å²) in [4.78, 5) is 13.0. The van der Waals surface area contributed by atoms with Crippen LogP contribution < -0.4 is 10.2 Å². The van der Waals surface area contributed by atoms with Crippen molar-refractivity contribution >= 4 is 91.4 Å². The van der Waals surface area contributed by atoms with Crippen molar-refractivity contribution in [2.45, 2.75) is 11.5 Å². The number of ether oxygens (including phenoxy) is 1. The third-order valence-electron chi connectivity index (χ3n) is 4.80. The van der Waals surface area contributed by atoms with Crippen LogP contribution in [0.2, 0.25) is 5.02 Å². The van der Waals surface area contributed by atoms with E-state index >= 15 is 0 Å². The van der Waals surface area contributed by atoms with Gasteiger partial charge in [0.1, 0.15) is 12.4 Å². The van der Waals surface area contributed by atoms with E-state index < -0.39 is 0 Å². The largest absolute Gasteiger partial charge is 0.487 e. The third-order valence-corrected chi connectivity index (χ3v) is 7.67. The van der Waals surface area contributed by atoms with E-state index in [0.717, 1.165) is 28.9 Å². The summed E-state index contributed by atoms with van der Waals surface area (Å²) >= 11 is 11.8. The summed E-state index contributed by atoms with van der Waals surface area (Å²) in [6.07, 6.45) is 1.64. The number of hydrogen-bond acceptors (Lipinski definition) is 4. The van der Waals surface area contributed by atoms with Crippen molar-refractivity contribution in [2.75, 3.05) is 5.75 Å². The number of halogens is 3. The van der Waals surface area contributed by atoms with Gasteiger partial charge < -0.3 is 4.74 Å². The van der Waals surface area contributed by atoms with E-state index in [-0.39, 0.29) is 11.7 Å². The highest BCUT2D eigenvalue weighted by molar-refractivity contribution is 14.1. The first kappa shape index (κ1) is 25.3. The molecule has 172 valence electrons. The molecule has 1 N–H and O–H groups in total. The molecule has 8 heteroatoms. The quantitative estimate of drug-likeness (QED) is 0.0891. The molecular formula is C26H19ClI2N2O2S. The van der Waals surface area contributed by atoms with Crippen molar-refractivity contribution in [3.8, 4) is 5.75 Å². The first-order valence-corrected chi connectivity index (χ1v) is 13.8. The average Bonchev–Trinajstić information content (AvgIpc) is 2.83. The SMILES string of the molecule is O=C(CSc1ccc(Cl)cc1)N/N=C\c1cc(I)c(OCc2ccc3ccccc3c2)c(I)c1. The third kappa shape index (κ3) is 7.10. The van der Waals surface area contributed by atoms with Crippen LogP contribution in [-0.2, 0) is 11.4 Å². The number of hydrogen-bond donors (Lipinski definition) is 1. The van der Waals surface area contributed by atoms with E-state index in [4.69, 9.17) is 16.3 Å². The number of rotatable bonds is 8. The summed E-state index contributed by atoms with van der Waals surface area (Å²) in [6.45, 7) is 0.492. The van der Waals surface area contributed by atoms with Crippen LogP contribution in [0.1, 0.15) is 11.1 Å². The van der Waals surface area contributed by atoms with Crippen LogP contribution in [0.3, 0.4) is 0 Å². The fraction of sp³-hybridized carbons (Fsp3) is 0.0769. The molecule has 4 aromatic rings. The highest BCUT2D eigenvalue weighted by Crippen LogP contribution is 2.29. The molecule has 4 rings (SSSR count). The molecule has 0 saturated carbocycles. The van der Waals surface area contributed by atoms with E-state index in [0.29, 0.717) is 11.6 Å². The molecule has 0 atom stereocenters. The Morgan fingerprint density at radius 3 is 2.41 bits per heavy atom. The Bertz CT molecular complexity index is 1320. The lowest BCUT2D eigenvalue weighted by Gasteiger charge is -2.12. The molecule has 4 nitrogen and oxygen atoms in total. The summed E-state index contributed by atoms with van der Waals surface area (Å²) in [6, 6.07) is 26.0. The van der Waals surface area contributed by atoms with Crippen LogP contribution in [0.25, 0.3) is 10.8 Å². The van der Waals surface area contributed by atoms with Crippen LogP contribution in [0.4, 0.5) is 0 Å². The molecule has 34 heavy (non-hydrogen) atoms. The smallest absolute Gasteiger partial charge is 0.250 e. The van der Waals surface area contributed by atoms with Gasteiger partial charge in [0.25, 0.3) is 0 Å². The first-order chi connectivity index (χ1) is 16.5. The van der Waals surface area contributed by atoms with Gasteiger partial charge in [0.05, 0.1) is 19.1 Å². The van der Waals surface area contributed by atoms with Gasteiger partial charge in [-0.05, 0) is 110 Å². The zero-order valence-corrected chi connectivity index (χ0v) is 23.7.